The fourth-order valence-electron chi connectivity index (χ4n) is 1.95. The largest absolute Gasteiger partial charge is 0.334 e. The Bertz CT molecular complexity index is 548. The van der Waals surface area contributed by atoms with Gasteiger partial charge in [-0.05, 0) is 18.6 Å². The summed E-state index contributed by atoms with van der Waals surface area (Å²) in [6.07, 6.45) is 0.543. The van der Waals surface area contributed by atoms with E-state index in [0.29, 0.717) is 6.42 Å². The fraction of sp³-hybridized carbons (Fsp3) is 0.333. The van der Waals surface area contributed by atoms with Crippen LogP contribution in [0.1, 0.15) is 12.8 Å². The molecule has 1 heterocycles. The molecule has 1 aromatic carbocycles. The highest BCUT2D eigenvalue weighted by Gasteiger charge is 2.33. The molecule has 1 N–H and O–H groups in total. The van der Waals surface area contributed by atoms with Crippen molar-refractivity contribution in [2.75, 3.05) is 12.4 Å². The summed E-state index contributed by atoms with van der Waals surface area (Å²) < 4.78 is 39.1. The highest BCUT2D eigenvalue weighted by molar-refractivity contribution is 5.98. The highest BCUT2D eigenvalue weighted by Crippen LogP contribution is 2.22. The molecule has 1 fully saturated rings. The van der Waals surface area contributed by atoms with Crippen LogP contribution in [0.3, 0.4) is 0 Å². The summed E-state index contributed by atoms with van der Waals surface area (Å²) in [7, 11) is 1.46. The molecule has 1 aromatic rings. The minimum atomic E-state index is -1.64. The van der Waals surface area contributed by atoms with E-state index in [-0.39, 0.29) is 12.3 Å². The van der Waals surface area contributed by atoms with Gasteiger partial charge in [-0.25, -0.2) is 13.2 Å². The summed E-state index contributed by atoms with van der Waals surface area (Å²) in [5.74, 6) is -5.25. The van der Waals surface area contributed by atoms with Gasteiger partial charge in [-0.2, -0.15) is 0 Å². The number of amides is 2. The standard InChI is InChI=1S/C12H11F3N2O2/c1-17-8(4-5-9(17)18)12(19)16-7-3-2-6(13)10(14)11(7)15/h2-3,8H,4-5H2,1H3,(H,16,19). The molecule has 0 spiro atoms. The molecule has 19 heavy (non-hydrogen) atoms. The lowest BCUT2D eigenvalue weighted by Crippen LogP contribution is -2.39. The molecule has 0 saturated carbocycles. The first-order valence-electron chi connectivity index (χ1n) is 5.62. The third-order valence-corrected chi connectivity index (χ3v) is 3.09. The minimum Gasteiger partial charge on any atom is -0.334 e. The molecule has 0 bridgehead atoms. The van der Waals surface area contributed by atoms with Crippen molar-refractivity contribution in [2.24, 2.45) is 0 Å². The molecule has 1 unspecified atom stereocenters. The van der Waals surface area contributed by atoms with Gasteiger partial charge in [0.2, 0.25) is 11.8 Å². The number of nitrogens with zero attached hydrogens (tertiary/aromatic N) is 1. The normalized spacial score (nSPS) is 18.8. The Kier molecular flexibility index (Phi) is 3.46. The first kappa shape index (κ1) is 13.4. The van der Waals surface area contributed by atoms with E-state index in [0.717, 1.165) is 12.1 Å². The van der Waals surface area contributed by atoms with Gasteiger partial charge in [-0.15, -0.1) is 0 Å². The van der Waals surface area contributed by atoms with Crippen LogP contribution >= 0.6 is 0 Å². The van der Waals surface area contributed by atoms with Gasteiger partial charge in [0.25, 0.3) is 0 Å². The zero-order chi connectivity index (χ0) is 14.2. The molecule has 1 saturated heterocycles. The first-order chi connectivity index (χ1) is 8.91. The van der Waals surface area contributed by atoms with Gasteiger partial charge in [0.1, 0.15) is 6.04 Å². The molecule has 0 radical (unpaired) electrons. The number of hydrogen-bond acceptors (Lipinski definition) is 2. The predicted molar refractivity (Wildman–Crippen MR) is 60.7 cm³/mol. The van der Waals surface area contributed by atoms with Crippen LogP contribution in [0.2, 0.25) is 0 Å². The number of hydrogen-bond donors (Lipinski definition) is 1. The van der Waals surface area contributed by atoms with E-state index in [9.17, 15) is 22.8 Å². The van der Waals surface area contributed by atoms with Gasteiger partial charge in [-0.3, -0.25) is 9.59 Å². The molecule has 2 amide bonds. The van der Waals surface area contributed by atoms with Crippen molar-refractivity contribution in [1.82, 2.24) is 4.90 Å². The van der Waals surface area contributed by atoms with Crippen molar-refractivity contribution in [3.05, 3.63) is 29.6 Å². The molecular weight excluding hydrogens is 261 g/mol. The third-order valence-electron chi connectivity index (χ3n) is 3.09. The Labute approximate surface area is 107 Å². The van der Waals surface area contributed by atoms with Crippen molar-refractivity contribution < 1.29 is 22.8 Å². The van der Waals surface area contributed by atoms with Crippen LogP contribution in [0.25, 0.3) is 0 Å². The van der Waals surface area contributed by atoms with Crippen LogP contribution in [-0.2, 0) is 9.59 Å². The smallest absolute Gasteiger partial charge is 0.247 e. The second-order valence-corrected chi connectivity index (χ2v) is 4.27. The second-order valence-electron chi connectivity index (χ2n) is 4.27. The number of benzene rings is 1. The Balaban J connectivity index is 2.16. The molecule has 1 aliphatic heterocycles. The van der Waals surface area contributed by atoms with Crippen molar-refractivity contribution in [3.63, 3.8) is 0 Å². The van der Waals surface area contributed by atoms with Crippen LogP contribution in [0.4, 0.5) is 18.9 Å². The van der Waals surface area contributed by atoms with Crippen molar-refractivity contribution in [2.45, 2.75) is 18.9 Å². The molecule has 4 nitrogen and oxygen atoms in total. The summed E-state index contributed by atoms with van der Waals surface area (Å²) in [6.45, 7) is 0. The number of rotatable bonds is 2. The molecule has 7 heteroatoms. The van der Waals surface area contributed by atoms with Crippen LogP contribution < -0.4 is 5.32 Å². The summed E-state index contributed by atoms with van der Waals surface area (Å²) in [5.41, 5.74) is -0.448. The van der Waals surface area contributed by atoms with E-state index in [1.165, 1.54) is 11.9 Å². The summed E-state index contributed by atoms with van der Waals surface area (Å²) in [6, 6.07) is 0.931. The average Bonchev–Trinajstić information content (AvgIpc) is 2.71. The van der Waals surface area contributed by atoms with Crippen LogP contribution in [0.15, 0.2) is 12.1 Å². The lowest BCUT2D eigenvalue weighted by molar-refractivity contribution is -0.131. The van der Waals surface area contributed by atoms with E-state index < -0.39 is 35.1 Å². The van der Waals surface area contributed by atoms with Gasteiger partial charge in [-0.1, -0.05) is 0 Å². The first-order valence-corrected chi connectivity index (χ1v) is 5.62. The summed E-state index contributed by atoms with van der Waals surface area (Å²) in [4.78, 5) is 24.3. The number of nitrogens with one attached hydrogen (secondary N) is 1. The fourth-order valence-corrected chi connectivity index (χ4v) is 1.95. The van der Waals surface area contributed by atoms with Crippen LogP contribution in [0, 0.1) is 17.5 Å². The van der Waals surface area contributed by atoms with E-state index >= 15 is 0 Å². The maximum Gasteiger partial charge on any atom is 0.247 e. The SMILES string of the molecule is CN1C(=O)CCC1C(=O)Nc1ccc(F)c(F)c1F. The van der Waals surface area contributed by atoms with E-state index in [1.54, 1.807) is 0 Å². The molecular formula is C12H11F3N2O2. The maximum atomic E-state index is 13.4. The molecule has 0 aromatic heterocycles. The average molecular weight is 272 g/mol. The zero-order valence-corrected chi connectivity index (χ0v) is 10.0. The van der Waals surface area contributed by atoms with E-state index in [4.69, 9.17) is 0 Å². The Morgan fingerprint density at radius 3 is 2.58 bits per heavy atom. The highest BCUT2D eigenvalue weighted by atomic mass is 19.2. The van der Waals surface area contributed by atoms with Gasteiger partial charge in [0.05, 0.1) is 5.69 Å². The van der Waals surface area contributed by atoms with Crippen LogP contribution in [0.5, 0.6) is 0 Å². The molecule has 1 aliphatic rings. The molecule has 1 atom stereocenters. The maximum absolute atomic E-state index is 13.4. The third kappa shape index (κ3) is 2.40. The lowest BCUT2D eigenvalue weighted by atomic mass is 10.2. The van der Waals surface area contributed by atoms with Crippen LogP contribution in [-0.4, -0.2) is 29.8 Å². The Morgan fingerprint density at radius 1 is 1.32 bits per heavy atom. The number of likely N-dealkylation sites (tertiary alicyclic amines) is 1. The quantitative estimate of drug-likeness (QED) is 0.832. The minimum absolute atomic E-state index is 0.189. The Hall–Kier alpha value is -2.05. The van der Waals surface area contributed by atoms with Gasteiger partial charge < -0.3 is 10.2 Å². The van der Waals surface area contributed by atoms with E-state index in [1.807, 2.05) is 0 Å². The van der Waals surface area contributed by atoms with Gasteiger partial charge in [0.15, 0.2) is 17.5 Å². The summed E-state index contributed by atoms with van der Waals surface area (Å²) in [5, 5.41) is 2.16. The number of likely N-dealkylation sites (N-methyl/N-ethyl adjacent to an activating group) is 1. The summed E-state index contributed by atoms with van der Waals surface area (Å²) >= 11 is 0. The van der Waals surface area contributed by atoms with Gasteiger partial charge in [0, 0.05) is 13.5 Å². The molecule has 2 rings (SSSR count). The number of halogens is 3. The van der Waals surface area contributed by atoms with Gasteiger partial charge >= 0.3 is 0 Å². The molecule has 0 aliphatic carbocycles. The number of carbonyl (C=O) groups is 2. The topological polar surface area (TPSA) is 49.4 Å². The van der Waals surface area contributed by atoms with Crippen molar-refractivity contribution in [3.8, 4) is 0 Å². The van der Waals surface area contributed by atoms with Crippen molar-refractivity contribution in [1.29, 1.82) is 0 Å². The van der Waals surface area contributed by atoms with E-state index in [2.05, 4.69) is 5.32 Å². The second kappa shape index (κ2) is 4.91. The Morgan fingerprint density at radius 2 is 2.00 bits per heavy atom. The number of anilines is 1. The number of carbonyl (C=O) groups excluding carboxylic acids is 2. The lowest BCUT2D eigenvalue weighted by Gasteiger charge is -2.19. The molecule has 102 valence electrons. The zero-order valence-electron chi connectivity index (χ0n) is 10.0. The monoisotopic (exact) mass is 272 g/mol. The predicted octanol–water partition coefficient (Wildman–Crippen LogP) is 1.66. The van der Waals surface area contributed by atoms with Crippen molar-refractivity contribution >= 4 is 17.5 Å².